The van der Waals surface area contributed by atoms with Crippen molar-refractivity contribution in [2.75, 3.05) is 13.1 Å². The second-order valence-corrected chi connectivity index (χ2v) is 4.78. The first-order valence-electron chi connectivity index (χ1n) is 5.26. The Morgan fingerprint density at radius 3 is 2.67 bits per heavy atom. The normalized spacial score (nSPS) is 14.9. The van der Waals surface area contributed by atoms with Crippen LogP contribution in [0.15, 0.2) is 28.7 Å². The van der Waals surface area contributed by atoms with E-state index in [1.165, 1.54) is 0 Å². The molecule has 15 heavy (non-hydrogen) atoms. The molecule has 0 aromatic heterocycles. The minimum Gasteiger partial charge on any atom is -0.384 e. The second kappa shape index (κ2) is 5.64. The van der Waals surface area contributed by atoms with Crippen LogP contribution in [0.1, 0.15) is 25.8 Å². The minimum atomic E-state index is -0.824. The maximum atomic E-state index is 10.3. The fourth-order valence-electron chi connectivity index (χ4n) is 1.50. The van der Waals surface area contributed by atoms with E-state index in [0.29, 0.717) is 6.54 Å². The van der Waals surface area contributed by atoms with E-state index in [1.807, 2.05) is 31.2 Å². The van der Waals surface area contributed by atoms with E-state index in [2.05, 4.69) is 28.2 Å². The van der Waals surface area contributed by atoms with E-state index in [4.69, 9.17) is 0 Å². The summed E-state index contributed by atoms with van der Waals surface area (Å²) in [5.41, 5.74) is 0.100. The van der Waals surface area contributed by atoms with Crippen LogP contribution in [-0.2, 0) is 5.60 Å². The Kier molecular flexibility index (Phi) is 4.77. The summed E-state index contributed by atoms with van der Waals surface area (Å²) in [5, 5.41) is 13.5. The molecular formula is C12H18BrNO. The molecule has 0 saturated heterocycles. The van der Waals surface area contributed by atoms with Crippen molar-refractivity contribution in [3.05, 3.63) is 34.3 Å². The van der Waals surface area contributed by atoms with Crippen LogP contribution in [0.4, 0.5) is 0 Å². The summed E-state index contributed by atoms with van der Waals surface area (Å²) in [6, 6.07) is 7.78. The molecule has 0 aliphatic carbocycles. The van der Waals surface area contributed by atoms with Gasteiger partial charge in [0.1, 0.15) is 5.60 Å². The van der Waals surface area contributed by atoms with Crippen LogP contribution in [-0.4, -0.2) is 18.2 Å². The molecule has 3 heteroatoms. The monoisotopic (exact) mass is 271 g/mol. The maximum absolute atomic E-state index is 10.3. The van der Waals surface area contributed by atoms with Gasteiger partial charge in [-0.05, 0) is 31.5 Å². The Hall–Kier alpha value is -0.380. The number of hydrogen-bond donors (Lipinski definition) is 2. The lowest BCUT2D eigenvalue weighted by Gasteiger charge is -2.25. The third kappa shape index (κ3) is 3.59. The Labute approximate surface area is 99.8 Å². The van der Waals surface area contributed by atoms with E-state index in [-0.39, 0.29) is 0 Å². The minimum absolute atomic E-state index is 0.573. The zero-order valence-electron chi connectivity index (χ0n) is 9.26. The van der Waals surface area contributed by atoms with Gasteiger partial charge in [-0.2, -0.15) is 0 Å². The van der Waals surface area contributed by atoms with Gasteiger partial charge in [-0.1, -0.05) is 41.1 Å². The molecule has 2 nitrogen and oxygen atoms in total. The second-order valence-electron chi connectivity index (χ2n) is 3.93. The van der Waals surface area contributed by atoms with Gasteiger partial charge in [-0.3, -0.25) is 0 Å². The summed E-state index contributed by atoms with van der Waals surface area (Å²) < 4.78 is 0.952. The quantitative estimate of drug-likeness (QED) is 0.808. The average molecular weight is 272 g/mol. The molecule has 1 rings (SSSR count). The first-order valence-corrected chi connectivity index (χ1v) is 6.05. The number of halogens is 1. The number of nitrogens with one attached hydrogen (secondary N) is 1. The van der Waals surface area contributed by atoms with E-state index < -0.39 is 5.60 Å². The zero-order valence-corrected chi connectivity index (χ0v) is 10.8. The van der Waals surface area contributed by atoms with Gasteiger partial charge in [-0.15, -0.1) is 0 Å². The Bertz CT molecular complexity index is 312. The lowest BCUT2D eigenvalue weighted by atomic mass is 9.96. The molecule has 0 radical (unpaired) electrons. The molecule has 1 aromatic carbocycles. The zero-order chi connectivity index (χ0) is 11.3. The lowest BCUT2D eigenvalue weighted by molar-refractivity contribution is 0.0565. The summed E-state index contributed by atoms with van der Waals surface area (Å²) in [6.07, 6.45) is 1.08. The summed E-state index contributed by atoms with van der Waals surface area (Å²) in [4.78, 5) is 0. The van der Waals surface area contributed by atoms with E-state index >= 15 is 0 Å². The highest BCUT2D eigenvalue weighted by Gasteiger charge is 2.24. The van der Waals surface area contributed by atoms with Gasteiger partial charge >= 0.3 is 0 Å². The van der Waals surface area contributed by atoms with Crippen molar-refractivity contribution in [1.82, 2.24) is 5.32 Å². The topological polar surface area (TPSA) is 32.3 Å². The van der Waals surface area contributed by atoms with Crippen molar-refractivity contribution in [2.45, 2.75) is 25.9 Å². The molecule has 2 N–H and O–H groups in total. The Morgan fingerprint density at radius 1 is 1.40 bits per heavy atom. The number of aliphatic hydroxyl groups is 1. The van der Waals surface area contributed by atoms with E-state index in [1.54, 1.807) is 0 Å². The third-order valence-corrected chi connectivity index (χ3v) is 3.04. The predicted molar refractivity (Wildman–Crippen MR) is 66.9 cm³/mol. The number of benzene rings is 1. The SMILES string of the molecule is CCCNCC(C)(O)c1ccccc1Br. The van der Waals surface area contributed by atoms with Crippen LogP contribution in [0.25, 0.3) is 0 Å². The fourth-order valence-corrected chi connectivity index (χ4v) is 2.21. The van der Waals surface area contributed by atoms with Gasteiger partial charge in [0, 0.05) is 11.0 Å². The Morgan fingerprint density at radius 2 is 2.07 bits per heavy atom. The van der Waals surface area contributed by atoms with Crippen molar-refractivity contribution in [2.24, 2.45) is 0 Å². The summed E-state index contributed by atoms with van der Waals surface area (Å²) in [6.45, 7) is 5.44. The highest BCUT2D eigenvalue weighted by molar-refractivity contribution is 9.10. The van der Waals surface area contributed by atoms with Crippen LogP contribution in [0.5, 0.6) is 0 Å². The molecule has 0 amide bonds. The third-order valence-electron chi connectivity index (χ3n) is 2.35. The first-order chi connectivity index (χ1) is 7.08. The van der Waals surface area contributed by atoms with Crippen LogP contribution in [0.3, 0.4) is 0 Å². The van der Waals surface area contributed by atoms with Crippen molar-refractivity contribution >= 4 is 15.9 Å². The highest BCUT2D eigenvalue weighted by Crippen LogP contribution is 2.27. The maximum Gasteiger partial charge on any atom is 0.100 e. The number of rotatable bonds is 5. The molecule has 0 aliphatic rings. The smallest absolute Gasteiger partial charge is 0.100 e. The van der Waals surface area contributed by atoms with Gasteiger partial charge in [-0.25, -0.2) is 0 Å². The molecule has 84 valence electrons. The predicted octanol–water partition coefficient (Wildman–Crippen LogP) is 2.66. The molecule has 0 saturated carbocycles. The molecule has 0 heterocycles. The van der Waals surface area contributed by atoms with Crippen molar-refractivity contribution in [3.8, 4) is 0 Å². The molecule has 0 aliphatic heterocycles. The van der Waals surface area contributed by atoms with Crippen LogP contribution >= 0.6 is 15.9 Å². The molecule has 1 unspecified atom stereocenters. The molecule has 1 aromatic rings. The van der Waals surface area contributed by atoms with Gasteiger partial charge in [0.25, 0.3) is 0 Å². The van der Waals surface area contributed by atoms with Gasteiger partial charge in [0.05, 0.1) is 0 Å². The molecular weight excluding hydrogens is 254 g/mol. The van der Waals surface area contributed by atoms with Gasteiger partial charge < -0.3 is 10.4 Å². The highest BCUT2D eigenvalue weighted by atomic mass is 79.9. The standard InChI is InChI=1S/C12H18BrNO/c1-3-8-14-9-12(2,15)10-6-4-5-7-11(10)13/h4-7,14-15H,3,8-9H2,1-2H3. The largest absolute Gasteiger partial charge is 0.384 e. The van der Waals surface area contributed by atoms with Gasteiger partial charge in [0.2, 0.25) is 0 Å². The lowest BCUT2D eigenvalue weighted by Crippen LogP contribution is -2.36. The average Bonchev–Trinajstić information content (AvgIpc) is 2.18. The summed E-state index contributed by atoms with van der Waals surface area (Å²) in [5.74, 6) is 0. The molecule has 0 fully saturated rings. The van der Waals surface area contributed by atoms with Crippen molar-refractivity contribution in [1.29, 1.82) is 0 Å². The summed E-state index contributed by atoms with van der Waals surface area (Å²) >= 11 is 3.45. The first kappa shape index (κ1) is 12.7. The van der Waals surface area contributed by atoms with Crippen LogP contribution < -0.4 is 5.32 Å². The summed E-state index contributed by atoms with van der Waals surface area (Å²) in [7, 11) is 0. The van der Waals surface area contributed by atoms with Crippen LogP contribution in [0.2, 0.25) is 0 Å². The number of hydrogen-bond acceptors (Lipinski definition) is 2. The molecule has 0 bridgehead atoms. The van der Waals surface area contributed by atoms with Gasteiger partial charge in [0.15, 0.2) is 0 Å². The van der Waals surface area contributed by atoms with Crippen molar-refractivity contribution in [3.63, 3.8) is 0 Å². The van der Waals surface area contributed by atoms with E-state index in [9.17, 15) is 5.11 Å². The van der Waals surface area contributed by atoms with Crippen LogP contribution in [0, 0.1) is 0 Å². The van der Waals surface area contributed by atoms with Crippen molar-refractivity contribution < 1.29 is 5.11 Å². The fraction of sp³-hybridized carbons (Fsp3) is 0.500. The Balaban J connectivity index is 2.72. The van der Waals surface area contributed by atoms with E-state index in [0.717, 1.165) is 23.0 Å². The molecule has 1 atom stereocenters. The molecule has 0 spiro atoms.